The van der Waals surface area contributed by atoms with Gasteiger partial charge in [-0.05, 0) is 19.8 Å². The van der Waals surface area contributed by atoms with E-state index in [1.54, 1.807) is 0 Å². The predicted molar refractivity (Wildman–Crippen MR) is 65.8 cm³/mol. The van der Waals surface area contributed by atoms with Crippen molar-refractivity contribution in [3.63, 3.8) is 0 Å². The number of aromatic nitrogens is 1. The van der Waals surface area contributed by atoms with Crippen molar-refractivity contribution in [3.8, 4) is 0 Å². The minimum Gasteiger partial charge on any atom is -0.347 e. The quantitative estimate of drug-likeness (QED) is 0.805. The number of nitrogens with zero attached hydrogens (tertiary/aromatic N) is 1. The number of hydrogen-bond acceptors (Lipinski definition) is 3. The molecule has 0 aromatic carbocycles. The summed E-state index contributed by atoms with van der Waals surface area (Å²) in [5, 5.41) is 5.61. The van der Waals surface area contributed by atoms with Crippen LogP contribution in [0.25, 0.3) is 0 Å². The molecule has 0 aliphatic heterocycles. The highest BCUT2D eigenvalue weighted by Crippen LogP contribution is 2.18. The van der Waals surface area contributed by atoms with E-state index < -0.39 is 0 Å². The summed E-state index contributed by atoms with van der Waals surface area (Å²) in [6, 6.07) is 0.360. The van der Waals surface area contributed by atoms with Crippen molar-refractivity contribution in [2.24, 2.45) is 0 Å². The van der Waals surface area contributed by atoms with Crippen LogP contribution >= 0.6 is 11.3 Å². The van der Waals surface area contributed by atoms with Gasteiger partial charge in [0.15, 0.2) is 5.01 Å². The number of carbonyl (C=O) groups excluding carboxylic acids is 1. The van der Waals surface area contributed by atoms with Gasteiger partial charge in [-0.25, -0.2) is 4.98 Å². The highest BCUT2D eigenvalue weighted by Gasteiger charge is 2.17. The van der Waals surface area contributed by atoms with E-state index in [1.807, 2.05) is 12.3 Å². The largest absolute Gasteiger partial charge is 0.347 e. The van der Waals surface area contributed by atoms with Crippen LogP contribution in [-0.4, -0.2) is 16.9 Å². The van der Waals surface area contributed by atoms with Gasteiger partial charge in [-0.1, -0.05) is 25.7 Å². The average Bonchev–Trinajstić information content (AvgIpc) is 2.54. The molecule has 16 heavy (non-hydrogen) atoms. The van der Waals surface area contributed by atoms with E-state index in [2.05, 4.69) is 10.3 Å². The zero-order valence-electron chi connectivity index (χ0n) is 9.66. The third kappa shape index (κ3) is 3.04. The van der Waals surface area contributed by atoms with Crippen molar-refractivity contribution in [3.05, 3.63) is 16.1 Å². The highest BCUT2D eigenvalue weighted by atomic mass is 32.1. The van der Waals surface area contributed by atoms with Crippen LogP contribution in [0.2, 0.25) is 0 Å². The van der Waals surface area contributed by atoms with Gasteiger partial charge in [-0.15, -0.1) is 11.3 Å². The predicted octanol–water partition coefficient (Wildman–Crippen LogP) is 2.90. The maximum Gasteiger partial charge on any atom is 0.280 e. The molecule has 3 nitrogen and oxygen atoms in total. The monoisotopic (exact) mass is 238 g/mol. The van der Waals surface area contributed by atoms with Crippen molar-refractivity contribution < 1.29 is 4.79 Å². The summed E-state index contributed by atoms with van der Waals surface area (Å²) in [6.07, 6.45) is 7.33. The van der Waals surface area contributed by atoms with Crippen LogP contribution in [0.15, 0.2) is 5.38 Å². The van der Waals surface area contributed by atoms with Crippen LogP contribution in [0.3, 0.4) is 0 Å². The second-order valence-electron chi connectivity index (χ2n) is 4.46. The smallest absolute Gasteiger partial charge is 0.280 e. The van der Waals surface area contributed by atoms with Gasteiger partial charge in [0, 0.05) is 17.1 Å². The van der Waals surface area contributed by atoms with E-state index in [-0.39, 0.29) is 5.91 Å². The first-order valence-corrected chi connectivity index (χ1v) is 6.86. The number of amides is 1. The zero-order valence-corrected chi connectivity index (χ0v) is 10.5. The normalized spacial score (nSPS) is 18.1. The molecule has 1 amide bonds. The van der Waals surface area contributed by atoms with Crippen molar-refractivity contribution in [1.29, 1.82) is 0 Å². The van der Waals surface area contributed by atoms with E-state index in [1.165, 1.54) is 37.0 Å². The lowest BCUT2D eigenvalue weighted by Crippen LogP contribution is -2.34. The van der Waals surface area contributed by atoms with E-state index in [9.17, 15) is 4.79 Å². The van der Waals surface area contributed by atoms with E-state index in [0.29, 0.717) is 11.0 Å². The lowest BCUT2D eigenvalue weighted by Gasteiger charge is -2.14. The van der Waals surface area contributed by atoms with Gasteiger partial charge in [0.1, 0.15) is 0 Å². The Labute approximate surface area is 100 Å². The SMILES string of the molecule is Cc1csc(C(=O)NC2CCCCCC2)n1. The lowest BCUT2D eigenvalue weighted by molar-refractivity contribution is 0.0933. The Balaban J connectivity index is 1.90. The summed E-state index contributed by atoms with van der Waals surface area (Å²) < 4.78 is 0. The first-order chi connectivity index (χ1) is 7.75. The summed E-state index contributed by atoms with van der Waals surface area (Å²) in [4.78, 5) is 16.1. The molecular weight excluding hydrogens is 220 g/mol. The highest BCUT2D eigenvalue weighted by molar-refractivity contribution is 7.11. The number of thiazole rings is 1. The summed E-state index contributed by atoms with van der Waals surface area (Å²) in [6.45, 7) is 1.92. The molecule has 2 rings (SSSR count). The zero-order chi connectivity index (χ0) is 11.4. The molecule has 4 heteroatoms. The van der Waals surface area contributed by atoms with E-state index >= 15 is 0 Å². The molecule has 0 bridgehead atoms. The van der Waals surface area contributed by atoms with Crippen LogP contribution in [-0.2, 0) is 0 Å². The number of carbonyl (C=O) groups is 1. The van der Waals surface area contributed by atoms with Gasteiger partial charge < -0.3 is 5.32 Å². The molecule has 0 spiro atoms. The topological polar surface area (TPSA) is 42.0 Å². The van der Waals surface area contributed by atoms with Crippen LogP contribution in [0.4, 0.5) is 0 Å². The molecule has 1 heterocycles. The molecule has 1 aliphatic rings. The maximum atomic E-state index is 11.9. The molecule has 1 N–H and O–H groups in total. The molecule has 1 aromatic heterocycles. The summed E-state index contributed by atoms with van der Waals surface area (Å²) in [7, 11) is 0. The fourth-order valence-electron chi connectivity index (χ4n) is 2.13. The molecule has 1 fully saturated rings. The Morgan fingerprint density at radius 3 is 2.62 bits per heavy atom. The number of nitrogens with one attached hydrogen (secondary N) is 1. The third-order valence-corrected chi connectivity index (χ3v) is 3.96. The second-order valence-corrected chi connectivity index (χ2v) is 5.31. The Kier molecular flexibility index (Phi) is 3.93. The van der Waals surface area contributed by atoms with Crippen molar-refractivity contribution in [2.45, 2.75) is 51.5 Å². The van der Waals surface area contributed by atoms with Gasteiger partial charge in [-0.2, -0.15) is 0 Å². The van der Waals surface area contributed by atoms with Gasteiger partial charge in [0.25, 0.3) is 5.91 Å². The molecule has 0 unspecified atom stereocenters. The Morgan fingerprint density at radius 2 is 2.06 bits per heavy atom. The molecule has 88 valence electrons. The number of aryl methyl sites for hydroxylation is 1. The molecule has 1 aromatic rings. The number of hydrogen-bond donors (Lipinski definition) is 1. The maximum absolute atomic E-state index is 11.9. The summed E-state index contributed by atoms with van der Waals surface area (Å²) in [5.74, 6) is 0.00463. The summed E-state index contributed by atoms with van der Waals surface area (Å²) >= 11 is 1.43. The Morgan fingerprint density at radius 1 is 1.38 bits per heavy atom. The minimum absolute atomic E-state index is 0.00463. The fraction of sp³-hybridized carbons (Fsp3) is 0.667. The van der Waals surface area contributed by atoms with Crippen molar-refractivity contribution >= 4 is 17.2 Å². The number of rotatable bonds is 2. The molecule has 0 radical (unpaired) electrons. The molecule has 0 saturated heterocycles. The minimum atomic E-state index is 0.00463. The second kappa shape index (κ2) is 5.43. The third-order valence-electron chi connectivity index (χ3n) is 3.00. The van der Waals surface area contributed by atoms with Gasteiger partial charge >= 0.3 is 0 Å². The van der Waals surface area contributed by atoms with Crippen LogP contribution in [0.5, 0.6) is 0 Å². The van der Waals surface area contributed by atoms with Crippen molar-refractivity contribution in [1.82, 2.24) is 10.3 Å². The first-order valence-electron chi connectivity index (χ1n) is 5.99. The van der Waals surface area contributed by atoms with Crippen LogP contribution in [0.1, 0.15) is 54.0 Å². The first kappa shape index (κ1) is 11.6. The lowest BCUT2D eigenvalue weighted by atomic mass is 10.1. The Hall–Kier alpha value is -0.900. The summed E-state index contributed by atoms with van der Waals surface area (Å²) in [5.41, 5.74) is 0.927. The van der Waals surface area contributed by atoms with Crippen LogP contribution in [0, 0.1) is 6.92 Å². The fourth-order valence-corrected chi connectivity index (χ4v) is 2.83. The van der Waals surface area contributed by atoms with Crippen LogP contribution < -0.4 is 5.32 Å². The molecule has 0 atom stereocenters. The van der Waals surface area contributed by atoms with E-state index in [4.69, 9.17) is 0 Å². The Bertz CT molecular complexity index is 354. The standard InChI is InChI=1S/C12H18N2OS/c1-9-8-16-12(13-9)11(15)14-10-6-4-2-3-5-7-10/h8,10H,2-7H2,1H3,(H,14,15). The molecule has 1 aliphatic carbocycles. The molecule has 1 saturated carbocycles. The molecular formula is C12H18N2OS. The average molecular weight is 238 g/mol. The van der Waals surface area contributed by atoms with E-state index in [0.717, 1.165) is 18.5 Å². The van der Waals surface area contributed by atoms with Gasteiger partial charge in [-0.3, -0.25) is 4.79 Å². The van der Waals surface area contributed by atoms with Gasteiger partial charge in [0.2, 0.25) is 0 Å². The van der Waals surface area contributed by atoms with Gasteiger partial charge in [0.05, 0.1) is 0 Å². The van der Waals surface area contributed by atoms with Crippen molar-refractivity contribution in [2.75, 3.05) is 0 Å².